The van der Waals surface area contributed by atoms with E-state index in [0.717, 1.165) is 15.4 Å². The Labute approximate surface area is 160 Å². The van der Waals surface area contributed by atoms with Gasteiger partial charge >= 0.3 is 0 Å². The molecule has 0 bridgehead atoms. The first-order valence-electron chi connectivity index (χ1n) is 8.06. The minimum absolute atomic E-state index is 0.0286. The molecule has 5 nitrogen and oxygen atoms in total. The summed E-state index contributed by atoms with van der Waals surface area (Å²) >= 11 is 2.91. The molecule has 2 heterocycles. The Hall–Kier alpha value is -2.03. The van der Waals surface area contributed by atoms with Crippen molar-refractivity contribution in [2.75, 3.05) is 12.3 Å². The number of carbonyl (C=O) groups excluding carboxylic acids is 1. The zero-order chi connectivity index (χ0) is 18.4. The van der Waals surface area contributed by atoms with Crippen molar-refractivity contribution in [3.8, 4) is 9.88 Å². The molecule has 0 aliphatic heterocycles. The highest BCUT2D eigenvalue weighted by molar-refractivity contribution is 7.90. The lowest BCUT2D eigenvalue weighted by molar-refractivity contribution is 0.0957. The van der Waals surface area contributed by atoms with E-state index in [4.69, 9.17) is 0 Å². The molecule has 3 rings (SSSR count). The van der Waals surface area contributed by atoms with Crippen LogP contribution in [0, 0.1) is 0 Å². The number of amides is 1. The van der Waals surface area contributed by atoms with Crippen LogP contribution >= 0.6 is 22.7 Å². The van der Waals surface area contributed by atoms with Crippen LogP contribution in [0.1, 0.15) is 21.7 Å². The number of nitrogens with zero attached hydrogens (tertiary/aromatic N) is 1. The minimum Gasteiger partial charge on any atom is -0.351 e. The minimum atomic E-state index is -3.18. The predicted octanol–water partition coefficient (Wildman–Crippen LogP) is 3.61. The summed E-state index contributed by atoms with van der Waals surface area (Å²) in [6, 6.07) is 13.0. The Morgan fingerprint density at radius 1 is 1.12 bits per heavy atom. The van der Waals surface area contributed by atoms with Gasteiger partial charge in [0.2, 0.25) is 0 Å². The van der Waals surface area contributed by atoms with E-state index in [1.807, 2.05) is 35.7 Å². The molecule has 136 valence electrons. The average Bonchev–Trinajstić information content (AvgIpc) is 3.30. The fourth-order valence-electron chi connectivity index (χ4n) is 2.37. The molecular formula is C18H18N2O3S3. The maximum atomic E-state index is 12.2. The molecule has 0 aliphatic carbocycles. The molecule has 1 aromatic carbocycles. The van der Waals surface area contributed by atoms with Gasteiger partial charge in [-0.1, -0.05) is 36.4 Å². The molecule has 0 aliphatic rings. The van der Waals surface area contributed by atoms with E-state index in [2.05, 4.69) is 10.3 Å². The van der Waals surface area contributed by atoms with Crippen molar-refractivity contribution in [3.05, 3.63) is 64.5 Å². The Morgan fingerprint density at radius 3 is 2.65 bits per heavy atom. The van der Waals surface area contributed by atoms with Crippen molar-refractivity contribution in [1.29, 1.82) is 0 Å². The van der Waals surface area contributed by atoms with Gasteiger partial charge in [0.05, 0.1) is 22.6 Å². The number of benzene rings is 1. The summed E-state index contributed by atoms with van der Waals surface area (Å²) in [6.45, 7) is 0.319. The highest BCUT2D eigenvalue weighted by Gasteiger charge is 2.14. The van der Waals surface area contributed by atoms with E-state index < -0.39 is 9.84 Å². The Morgan fingerprint density at radius 2 is 1.92 bits per heavy atom. The third-order valence-electron chi connectivity index (χ3n) is 3.61. The van der Waals surface area contributed by atoms with E-state index in [-0.39, 0.29) is 17.4 Å². The number of nitrogens with one attached hydrogen (secondary N) is 1. The van der Waals surface area contributed by atoms with Crippen molar-refractivity contribution in [3.63, 3.8) is 0 Å². The molecule has 0 atom stereocenters. The summed E-state index contributed by atoms with van der Waals surface area (Å²) in [5.41, 5.74) is 0.780. The second kappa shape index (κ2) is 8.57. The fourth-order valence-corrected chi connectivity index (χ4v) is 5.44. The van der Waals surface area contributed by atoms with Gasteiger partial charge in [0.1, 0.15) is 9.88 Å². The van der Waals surface area contributed by atoms with Gasteiger partial charge in [-0.2, -0.15) is 0 Å². The quantitative estimate of drug-likeness (QED) is 0.580. The Kier molecular flexibility index (Phi) is 6.18. The van der Waals surface area contributed by atoms with Crippen LogP contribution in [-0.4, -0.2) is 31.6 Å². The molecule has 0 fully saturated rings. The first-order chi connectivity index (χ1) is 12.5. The third-order valence-corrected chi connectivity index (χ3v) is 7.33. The van der Waals surface area contributed by atoms with Crippen molar-refractivity contribution in [2.45, 2.75) is 12.2 Å². The molecule has 0 spiro atoms. The van der Waals surface area contributed by atoms with Crippen LogP contribution in [0.25, 0.3) is 9.88 Å². The van der Waals surface area contributed by atoms with Crippen molar-refractivity contribution >= 4 is 38.4 Å². The molecule has 0 unspecified atom stereocenters. The number of aromatic nitrogens is 1. The molecule has 0 saturated carbocycles. The summed E-state index contributed by atoms with van der Waals surface area (Å²) in [5.74, 6) is -0.141. The molecule has 2 aromatic heterocycles. The summed E-state index contributed by atoms with van der Waals surface area (Å²) in [5, 5.41) is 5.54. The summed E-state index contributed by atoms with van der Waals surface area (Å²) in [6.07, 6.45) is 1.94. The lowest BCUT2D eigenvalue weighted by Gasteiger charge is -2.05. The average molecular weight is 407 g/mol. The number of thiazole rings is 1. The van der Waals surface area contributed by atoms with E-state index in [1.54, 1.807) is 29.7 Å². The second-order valence-electron chi connectivity index (χ2n) is 5.69. The van der Waals surface area contributed by atoms with Crippen LogP contribution in [-0.2, 0) is 15.6 Å². The van der Waals surface area contributed by atoms with Crippen molar-refractivity contribution in [2.24, 2.45) is 0 Å². The first-order valence-corrected chi connectivity index (χ1v) is 11.6. The first kappa shape index (κ1) is 18.8. The van der Waals surface area contributed by atoms with Crippen LogP contribution in [0.4, 0.5) is 0 Å². The highest BCUT2D eigenvalue weighted by Crippen LogP contribution is 2.28. The largest absolute Gasteiger partial charge is 0.351 e. The van der Waals surface area contributed by atoms with Gasteiger partial charge in [-0.05, 0) is 23.4 Å². The SMILES string of the molecule is O=C(NCCCS(=O)(=O)Cc1ccccc1)c1cnc(-c2cccs2)s1. The molecule has 8 heteroatoms. The normalized spacial score (nSPS) is 11.4. The van der Waals surface area contributed by atoms with Crippen LogP contribution in [0.2, 0.25) is 0 Å². The lowest BCUT2D eigenvalue weighted by atomic mass is 10.2. The number of carbonyl (C=O) groups is 1. The van der Waals surface area contributed by atoms with E-state index in [1.165, 1.54) is 11.3 Å². The standard InChI is InChI=1S/C18H18N2O3S3/c21-17(16-12-20-18(25-16)15-8-4-10-24-15)19-9-5-11-26(22,23)13-14-6-2-1-3-7-14/h1-4,6-8,10,12H,5,9,11,13H2,(H,19,21). The lowest BCUT2D eigenvalue weighted by Crippen LogP contribution is -2.25. The predicted molar refractivity (Wildman–Crippen MR) is 106 cm³/mol. The topological polar surface area (TPSA) is 76.1 Å². The Bertz CT molecular complexity index is 949. The van der Waals surface area contributed by atoms with Crippen molar-refractivity contribution < 1.29 is 13.2 Å². The summed E-state index contributed by atoms with van der Waals surface area (Å²) < 4.78 is 24.3. The smallest absolute Gasteiger partial charge is 0.263 e. The number of hydrogen-bond acceptors (Lipinski definition) is 6. The number of thiophene rings is 1. The van der Waals surface area contributed by atoms with E-state index >= 15 is 0 Å². The van der Waals surface area contributed by atoms with Crippen LogP contribution in [0.3, 0.4) is 0 Å². The molecular weight excluding hydrogens is 388 g/mol. The van der Waals surface area contributed by atoms with Gasteiger partial charge in [0.25, 0.3) is 5.91 Å². The summed E-state index contributed by atoms with van der Waals surface area (Å²) in [4.78, 5) is 18.0. The zero-order valence-corrected chi connectivity index (χ0v) is 16.4. The Balaban J connectivity index is 1.45. The van der Waals surface area contributed by atoms with E-state index in [9.17, 15) is 13.2 Å². The monoisotopic (exact) mass is 406 g/mol. The molecule has 26 heavy (non-hydrogen) atoms. The third kappa shape index (κ3) is 5.23. The van der Waals surface area contributed by atoms with Gasteiger partial charge in [0, 0.05) is 6.54 Å². The van der Waals surface area contributed by atoms with Crippen molar-refractivity contribution in [1.82, 2.24) is 10.3 Å². The molecule has 1 N–H and O–H groups in total. The fraction of sp³-hybridized carbons (Fsp3) is 0.222. The molecule has 3 aromatic rings. The maximum absolute atomic E-state index is 12.2. The van der Waals surface area contributed by atoms with Gasteiger partial charge in [-0.3, -0.25) is 4.79 Å². The molecule has 0 saturated heterocycles. The van der Waals surface area contributed by atoms with E-state index in [0.29, 0.717) is 17.8 Å². The number of hydrogen-bond donors (Lipinski definition) is 1. The van der Waals surface area contributed by atoms with Gasteiger partial charge < -0.3 is 5.32 Å². The maximum Gasteiger partial charge on any atom is 0.263 e. The van der Waals surface area contributed by atoms with Gasteiger partial charge in [0.15, 0.2) is 9.84 Å². The number of rotatable bonds is 8. The molecule has 1 amide bonds. The van der Waals surface area contributed by atoms with Gasteiger partial charge in [-0.15, -0.1) is 22.7 Å². The summed E-state index contributed by atoms with van der Waals surface area (Å²) in [7, 11) is -3.18. The number of sulfone groups is 1. The highest BCUT2D eigenvalue weighted by atomic mass is 32.2. The van der Waals surface area contributed by atoms with Crippen LogP contribution in [0.5, 0.6) is 0 Å². The second-order valence-corrected chi connectivity index (χ2v) is 9.86. The van der Waals surface area contributed by atoms with Crippen LogP contribution in [0.15, 0.2) is 54.0 Å². The van der Waals surface area contributed by atoms with Crippen LogP contribution < -0.4 is 5.32 Å². The van der Waals surface area contributed by atoms with Gasteiger partial charge in [-0.25, -0.2) is 13.4 Å². The molecule has 0 radical (unpaired) electrons. The zero-order valence-electron chi connectivity index (χ0n) is 13.9.